The SMILES string of the molecule is C=CCC[C@@H](O)CN1CCCC[C@H](SC)C1. The predicted octanol–water partition coefficient (Wildman–Crippen LogP) is 2.53. The zero-order valence-corrected chi connectivity index (χ0v) is 11.2. The fourth-order valence-corrected chi connectivity index (χ4v) is 3.00. The van der Waals surface area contributed by atoms with E-state index in [9.17, 15) is 5.11 Å². The Morgan fingerprint density at radius 3 is 3.06 bits per heavy atom. The third-order valence-corrected chi connectivity index (χ3v) is 4.27. The molecule has 0 amide bonds. The summed E-state index contributed by atoms with van der Waals surface area (Å²) in [4.78, 5) is 2.43. The van der Waals surface area contributed by atoms with Crippen molar-refractivity contribution in [3.63, 3.8) is 0 Å². The molecule has 0 aromatic heterocycles. The molecule has 94 valence electrons. The van der Waals surface area contributed by atoms with E-state index in [-0.39, 0.29) is 6.10 Å². The Morgan fingerprint density at radius 2 is 2.38 bits per heavy atom. The lowest BCUT2D eigenvalue weighted by Crippen LogP contribution is -2.36. The molecule has 1 saturated heterocycles. The van der Waals surface area contributed by atoms with Gasteiger partial charge in [0.15, 0.2) is 0 Å². The maximum Gasteiger partial charge on any atom is 0.0670 e. The van der Waals surface area contributed by atoms with Gasteiger partial charge in [0.1, 0.15) is 0 Å². The van der Waals surface area contributed by atoms with Crippen molar-refractivity contribution in [1.29, 1.82) is 0 Å². The molecule has 1 heterocycles. The zero-order valence-electron chi connectivity index (χ0n) is 10.4. The first-order valence-corrected chi connectivity index (χ1v) is 7.59. The van der Waals surface area contributed by atoms with Gasteiger partial charge in [0.05, 0.1) is 6.10 Å². The first-order chi connectivity index (χ1) is 7.76. The van der Waals surface area contributed by atoms with Crippen molar-refractivity contribution in [2.24, 2.45) is 0 Å². The number of thioether (sulfide) groups is 1. The largest absolute Gasteiger partial charge is 0.392 e. The highest BCUT2D eigenvalue weighted by molar-refractivity contribution is 7.99. The Morgan fingerprint density at radius 1 is 1.56 bits per heavy atom. The van der Waals surface area contributed by atoms with Crippen LogP contribution >= 0.6 is 11.8 Å². The lowest BCUT2D eigenvalue weighted by molar-refractivity contribution is 0.108. The summed E-state index contributed by atoms with van der Waals surface area (Å²) in [6, 6.07) is 0. The lowest BCUT2D eigenvalue weighted by atomic mass is 10.2. The molecule has 1 aliphatic rings. The number of rotatable bonds is 6. The maximum absolute atomic E-state index is 9.89. The number of nitrogens with zero attached hydrogens (tertiary/aromatic N) is 1. The summed E-state index contributed by atoms with van der Waals surface area (Å²) in [5.74, 6) is 0. The molecule has 0 saturated carbocycles. The van der Waals surface area contributed by atoms with Crippen molar-refractivity contribution in [1.82, 2.24) is 4.90 Å². The Kier molecular flexibility index (Phi) is 7.17. The van der Waals surface area contributed by atoms with E-state index in [0.717, 1.165) is 37.7 Å². The van der Waals surface area contributed by atoms with Crippen LogP contribution in [0.15, 0.2) is 12.7 Å². The summed E-state index contributed by atoms with van der Waals surface area (Å²) in [7, 11) is 0. The number of aliphatic hydroxyl groups excluding tert-OH is 1. The molecule has 0 bridgehead atoms. The molecular weight excluding hydrogens is 218 g/mol. The van der Waals surface area contributed by atoms with Crippen molar-refractivity contribution in [3.05, 3.63) is 12.7 Å². The molecule has 3 heteroatoms. The number of likely N-dealkylation sites (tertiary alicyclic amines) is 1. The normalized spacial score (nSPS) is 25.0. The van der Waals surface area contributed by atoms with Crippen LogP contribution in [0.1, 0.15) is 32.1 Å². The molecule has 0 spiro atoms. The van der Waals surface area contributed by atoms with E-state index in [1.807, 2.05) is 17.8 Å². The molecule has 0 aromatic carbocycles. The number of aliphatic hydroxyl groups is 1. The van der Waals surface area contributed by atoms with Crippen LogP contribution in [0, 0.1) is 0 Å². The summed E-state index contributed by atoms with van der Waals surface area (Å²) in [6.45, 7) is 6.83. The molecule has 16 heavy (non-hydrogen) atoms. The minimum Gasteiger partial charge on any atom is -0.392 e. The smallest absolute Gasteiger partial charge is 0.0670 e. The highest BCUT2D eigenvalue weighted by atomic mass is 32.2. The highest BCUT2D eigenvalue weighted by Crippen LogP contribution is 2.20. The van der Waals surface area contributed by atoms with Gasteiger partial charge in [-0.2, -0.15) is 11.8 Å². The zero-order chi connectivity index (χ0) is 11.8. The van der Waals surface area contributed by atoms with Crippen molar-refractivity contribution in [2.45, 2.75) is 43.5 Å². The number of hydrogen-bond acceptors (Lipinski definition) is 3. The van der Waals surface area contributed by atoms with Gasteiger partial charge in [0.25, 0.3) is 0 Å². The van der Waals surface area contributed by atoms with Crippen molar-refractivity contribution in [2.75, 3.05) is 25.9 Å². The van der Waals surface area contributed by atoms with E-state index in [2.05, 4.69) is 17.7 Å². The minimum absolute atomic E-state index is 0.182. The maximum atomic E-state index is 9.89. The van der Waals surface area contributed by atoms with E-state index in [0.29, 0.717) is 0 Å². The van der Waals surface area contributed by atoms with E-state index in [1.165, 1.54) is 19.3 Å². The number of hydrogen-bond donors (Lipinski definition) is 1. The molecule has 2 nitrogen and oxygen atoms in total. The third-order valence-electron chi connectivity index (χ3n) is 3.22. The minimum atomic E-state index is -0.182. The summed E-state index contributed by atoms with van der Waals surface area (Å²) in [5.41, 5.74) is 0. The highest BCUT2D eigenvalue weighted by Gasteiger charge is 2.19. The fourth-order valence-electron chi connectivity index (χ4n) is 2.24. The molecular formula is C13H25NOS. The van der Waals surface area contributed by atoms with Gasteiger partial charge in [-0.1, -0.05) is 12.5 Å². The first kappa shape index (κ1) is 14.1. The van der Waals surface area contributed by atoms with Crippen molar-refractivity contribution < 1.29 is 5.11 Å². The summed E-state index contributed by atoms with van der Waals surface area (Å²) < 4.78 is 0. The van der Waals surface area contributed by atoms with Crippen LogP contribution in [0.4, 0.5) is 0 Å². The molecule has 1 N–H and O–H groups in total. The second-order valence-corrected chi connectivity index (χ2v) is 5.77. The molecule has 1 aliphatic heterocycles. The van der Waals surface area contributed by atoms with Gasteiger partial charge >= 0.3 is 0 Å². The number of β-amino-alcohol motifs (C(OH)–C–C–N with tert-alkyl or cyclic N) is 1. The topological polar surface area (TPSA) is 23.5 Å². The van der Waals surface area contributed by atoms with Crippen LogP contribution in [0.5, 0.6) is 0 Å². The van der Waals surface area contributed by atoms with Gasteiger partial charge in [-0.15, -0.1) is 6.58 Å². The van der Waals surface area contributed by atoms with E-state index in [1.54, 1.807) is 0 Å². The van der Waals surface area contributed by atoms with Crippen LogP contribution in [0.25, 0.3) is 0 Å². The van der Waals surface area contributed by atoms with Crippen molar-refractivity contribution >= 4 is 11.8 Å². The average molecular weight is 243 g/mol. The Bertz CT molecular complexity index is 198. The standard InChI is InChI=1S/C13H25NOS/c1-3-4-7-12(15)10-14-9-6-5-8-13(11-14)16-2/h3,12-13,15H,1,4-11H2,2H3/t12-,13+/m1/s1. The summed E-state index contributed by atoms with van der Waals surface area (Å²) in [6.07, 6.45) is 9.62. The Balaban J connectivity index is 2.30. The molecule has 0 radical (unpaired) electrons. The molecule has 2 atom stereocenters. The van der Waals surface area contributed by atoms with Crippen LogP contribution in [-0.2, 0) is 0 Å². The van der Waals surface area contributed by atoms with E-state index < -0.39 is 0 Å². The second kappa shape index (κ2) is 8.15. The predicted molar refractivity (Wildman–Crippen MR) is 73.0 cm³/mol. The van der Waals surface area contributed by atoms with Gasteiger partial charge in [-0.3, -0.25) is 4.90 Å². The molecule has 1 rings (SSSR count). The van der Waals surface area contributed by atoms with Crippen LogP contribution in [0.3, 0.4) is 0 Å². The van der Waals surface area contributed by atoms with Gasteiger partial charge in [0.2, 0.25) is 0 Å². The average Bonchev–Trinajstić information content (AvgIpc) is 2.51. The quantitative estimate of drug-likeness (QED) is 0.725. The van der Waals surface area contributed by atoms with Gasteiger partial charge < -0.3 is 5.11 Å². The first-order valence-electron chi connectivity index (χ1n) is 6.30. The molecule has 1 fully saturated rings. The molecule has 0 aromatic rings. The van der Waals surface area contributed by atoms with Crippen LogP contribution in [-0.4, -0.2) is 47.3 Å². The van der Waals surface area contributed by atoms with Gasteiger partial charge in [0, 0.05) is 18.3 Å². The fraction of sp³-hybridized carbons (Fsp3) is 0.846. The monoisotopic (exact) mass is 243 g/mol. The van der Waals surface area contributed by atoms with E-state index >= 15 is 0 Å². The van der Waals surface area contributed by atoms with Crippen molar-refractivity contribution in [3.8, 4) is 0 Å². The van der Waals surface area contributed by atoms with Gasteiger partial charge in [-0.25, -0.2) is 0 Å². The Labute approximate surface area is 104 Å². The third kappa shape index (κ3) is 5.37. The summed E-state index contributed by atoms with van der Waals surface area (Å²) in [5, 5.41) is 10.6. The van der Waals surface area contributed by atoms with Crippen LogP contribution in [0.2, 0.25) is 0 Å². The molecule has 0 aliphatic carbocycles. The Hall–Kier alpha value is 0.0100. The number of allylic oxidation sites excluding steroid dienone is 1. The van der Waals surface area contributed by atoms with Gasteiger partial charge in [-0.05, 0) is 38.5 Å². The second-order valence-electron chi connectivity index (χ2n) is 4.63. The molecule has 0 unspecified atom stereocenters. The lowest BCUT2D eigenvalue weighted by Gasteiger charge is -2.25. The van der Waals surface area contributed by atoms with Crippen LogP contribution < -0.4 is 0 Å². The summed E-state index contributed by atoms with van der Waals surface area (Å²) >= 11 is 1.97. The van der Waals surface area contributed by atoms with E-state index in [4.69, 9.17) is 0 Å².